The molecule has 1 saturated heterocycles. The van der Waals surface area contributed by atoms with E-state index < -0.39 is 36.9 Å². The molecule has 0 aromatic rings. The molecule has 0 amide bonds. The summed E-state index contributed by atoms with van der Waals surface area (Å²) in [7, 11) is 1.52. The van der Waals surface area contributed by atoms with Crippen LogP contribution in [0.3, 0.4) is 0 Å². The van der Waals surface area contributed by atoms with Crippen molar-refractivity contribution in [1.29, 1.82) is 0 Å². The van der Waals surface area contributed by atoms with Crippen LogP contribution in [-0.4, -0.2) is 55.7 Å². The first-order valence-corrected chi connectivity index (χ1v) is 18.7. The molecular formula is C27H53AsO5. The average molecular weight is 533 g/mol. The Hall–Kier alpha value is -0.0616. The van der Waals surface area contributed by atoms with Crippen molar-refractivity contribution in [2.75, 3.05) is 13.7 Å². The molecule has 1 aliphatic rings. The second kappa shape index (κ2) is 15.8. The van der Waals surface area contributed by atoms with E-state index in [1.165, 1.54) is 64.0 Å². The van der Waals surface area contributed by atoms with Crippen molar-refractivity contribution in [1.82, 2.24) is 0 Å². The number of ether oxygens (including phenoxy) is 3. The first kappa shape index (κ1) is 31.0. The summed E-state index contributed by atoms with van der Waals surface area (Å²) >= 11 is -3.25. The molecule has 0 bridgehead atoms. The van der Waals surface area contributed by atoms with Crippen molar-refractivity contribution < 1.29 is 23.1 Å². The zero-order chi connectivity index (χ0) is 25.0. The van der Waals surface area contributed by atoms with Crippen LogP contribution in [0.4, 0.5) is 0 Å². The molecular weight excluding hydrogens is 479 g/mol. The third-order valence-corrected chi connectivity index (χ3v) is 10.4. The van der Waals surface area contributed by atoms with Gasteiger partial charge in [-0.3, -0.25) is 0 Å². The standard InChI is InChI=1S/C27H53AsO5/c1-20(2)12-9-13-21(3)14-10-15-22(4)16-11-17-23(5)18-19-32-27-25(31-8)24(29)26(33-27)28(6,7)30/h18,20-22,24-27,29H,9-17,19H2,1-8H3. The zero-order valence-corrected chi connectivity index (χ0v) is 24.6. The molecule has 6 heteroatoms. The topological polar surface area (TPSA) is 65.0 Å². The van der Waals surface area contributed by atoms with Crippen LogP contribution in [0.15, 0.2) is 11.6 Å². The van der Waals surface area contributed by atoms with Crippen LogP contribution in [0.25, 0.3) is 0 Å². The Bertz CT molecular complexity index is 599. The van der Waals surface area contributed by atoms with E-state index in [9.17, 15) is 8.85 Å². The van der Waals surface area contributed by atoms with Gasteiger partial charge in [-0.2, -0.15) is 0 Å². The van der Waals surface area contributed by atoms with Gasteiger partial charge in [0.15, 0.2) is 0 Å². The van der Waals surface area contributed by atoms with Crippen LogP contribution < -0.4 is 0 Å². The molecule has 0 aromatic carbocycles. The van der Waals surface area contributed by atoms with Gasteiger partial charge in [0.2, 0.25) is 0 Å². The van der Waals surface area contributed by atoms with E-state index in [0.29, 0.717) is 6.61 Å². The Morgan fingerprint density at radius 2 is 1.55 bits per heavy atom. The predicted octanol–water partition coefficient (Wildman–Crippen LogP) is 6.66. The van der Waals surface area contributed by atoms with Crippen LogP contribution in [0.2, 0.25) is 11.4 Å². The van der Waals surface area contributed by atoms with E-state index >= 15 is 0 Å². The third kappa shape index (κ3) is 12.5. The Morgan fingerprint density at radius 3 is 2.06 bits per heavy atom. The number of hydrogen-bond acceptors (Lipinski definition) is 5. The first-order valence-electron chi connectivity index (χ1n) is 13.1. The average Bonchev–Trinajstić information content (AvgIpc) is 3.03. The van der Waals surface area contributed by atoms with Gasteiger partial charge < -0.3 is 0 Å². The molecule has 0 radical (unpaired) electrons. The van der Waals surface area contributed by atoms with Crippen LogP contribution in [0.5, 0.6) is 0 Å². The fourth-order valence-corrected chi connectivity index (χ4v) is 7.38. The fraction of sp³-hybridized carbons (Fsp3) is 0.926. The first-order chi connectivity index (χ1) is 15.5. The molecule has 1 fully saturated rings. The number of aliphatic hydroxyl groups is 1. The van der Waals surface area contributed by atoms with E-state index in [2.05, 4.69) is 40.7 Å². The van der Waals surface area contributed by atoms with Crippen molar-refractivity contribution in [3.63, 3.8) is 0 Å². The van der Waals surface area contributed by atoms with Crippen LogP contribution in [0.1, 0.15) is 92.4 Å². The molecule has 0 saturated carbocycles. The van der Waals surface area contributed by atoms with Crippen molar-refractivity contribution >= 4 is 13.5 Å². The molecule has 1 N–H and O–H groups in total. The van der Waals surface area contributed by atoms with Gasteiger partial charge in [0.25, 0.3) is 0 Å². The Labute approximate surface area is 206 Å². The molecule has 6 unspecified atom stereocenters. The fourth-order valence-electron chi connectivity index (χ4n) is 4.61. The number of hydrogen-bond donors (Lipinski definition) is 1. The van der Waals surface area contributed by atoms with Gasteiger partial charge in [-0.25, -0.2) is 0 Å². The SMILES string of the molecule is COC1C(OCC=C(C)CCCC(C)CCCC(C)CCCC(C)C)OC([As](C)(C)=O)C1O. The number of aliphatic hydroxyl groups excluding tert-OH is 1. The van der Waals surface area contributed by atoms with Crippen LogP contribution in [0, 0.1) is 17.8 Å². The van der Waals surface area contributed by atoms with Crippen LogP contribution >= 0.6 is 0 Å². The predicted molar refractivity (Wildman–Crippen MR) is 138 cm³/mol. The number of allylic oxidation sites excluding steroid dienone is 1. The van der Waals surface area contributed by atoms with E-state index in [1.54, 1.807) is 11.4 Å². The molecule has 33 heavy (non-hydrogen) atoms. The monoisotopic (exact) mass is 532 g/mol. The molecule has 1 aliphatic heterocycles. The van der Waals surface area contributed by atoms with Gasteiger partial charge in [-0.15, -0.1) is 0 Å². The zero-order valence-electron chi connectivity index (χ0n) is 22.7. The second-order valence-corrected chi connectivity index (χ2v) is 18.3. The summed E-state index contributed by atoms with van der Waals surface area (Å²) in [5.41, 5.74) is 4.67. The van der Waals surface area contributed by atoms with E-state index in [-0.39, 0.29) is 0 Å². The summed E-state index contributed by atoms with van der Waals surface area (Å²) in [6.07, 6.45) is 11.6. The molecule has 5 nitrogen and oxygen atoms in total. The number of methoxy groups -OCH3 is 1. The molecule has 0 aliphatic carbocycles. The molecule has 1 rings (SSSR count). The summed E-state index contributed by atoms with van der Waals surface area (Å²) in [5, 5.41) is 10.4. The molecule has 196 valence electrons. The molecule has 1 heterocycles. The summed E-state index contributed by atoms with van der Waals surface area (Å²) in [6.45, 7) is 12.0. The Morgan fingerprint density at radius 1 is 1.00 bits per heavy atom. The van der Waals surface area contributed by atoms with Crippen molar-refractivity contribution in [2.45, 2.75) is 127 Å². The van der Waals surface area contributed by atoms with E-state index in [1.807, 2.05) is 0 Å². The van der Waals surface area contributed by atoms with E-state index in [4.69, 9.17) is 14.2 Å². The maximum absolute atomic E-state index is 12.4. The van der Waals surface area contributed by atoms with Crippen molar-refractivity contribution in [2.24, 2.45) is 17.8 Å². The van der Waals surface area contributed by atoms with Gasteiger partial charge in [0, 0.05) is 0 Å². The van der Waals surface area contributed by atoms with Crippen molar-refractivity contribution in [3.8, 4) is 0 Å². The van der Waals surface area contributed by atoms with Gasteiger partial charge in [-0.1, -0.05) is 52.9 Å². The Balaban J connectivity index is 2.22. The summed E-state index contributed by atoms with van der Waals surface area (Å²) < 4.78 is 29.3. The maximum atomic E-state index is 12.4. The van der Waals surface area contributed by atoms with E-state index in [0.717, 1.165) is 24.2 Å². The normalized spacial score (nSPS) is 26.2. The second-order valence-electron chi connectivity index (χ2n) is 11.3. The molecule has 0 spiro atoms. The summed E-state index contributed by atoms with van der Waals surface area (Å²) in [5.74, 6) is 2.48. The summed E-state index contributed by atoms with van der Waals surface area (Å²) in [4.78, 5) is -0.673. The minimum atomic E-state index is -3.25. The van der Waals surface area contributed by atoms with Gasteiger partial charge in [0.1, 0.15) is 0 Å². The Kier molecular flexibility index (Phi) is 14.9. The van der Waals surface area contributed by atoms with Crippen LogP contribution in [-0.2, 0) is 18.0 Å². The molecule has 6 atom stereocenters. The van der Waals surface area contributed by atoms with Crippen molar-refractivity contribution in [3.05, 3.63) is 11.6 Å². The third-order valence-electron chi connectivity index (χ3n) is 6.89. The summed E-state index contributed by atoms with van der Waals surface area (Å²) in [6, 6.07) is 0. The minimum absolute atomic E-state index is 0.407. The molecule has 0 aromatic heterocycles. The number of rotatable bonds is 17. The van der Waals surface area contributed by atoms with Gasteiger partial charge in [0.05, 0.1) is 0 Å². The van der Waals surface area contributed by atoms with Gasteiger partial charge >= 0.3 is 142 Å². The quantitative estimate of drug-likeness (QED) is 0.168. The van der Waals surface area contributed by atoms with Gasteiger partial charge in [-0.05, 0) is 11.8 Å².